The summed E-state index contributed by atoms with van der Waals surface area (Å²) in [6.45, 7) is 0. The number of rotatable bonds is 3. The van der Waals surface area contributed by atoms with Crippen molar-refractivity contribution in [1.29, 1.82) is 0 Å². The van der Waals surface area contributed by atoms with Gasteiger partial charge in [0.2, 0.25) is 0 Å². The number of esters is 1. The summed E-state index contributed by atoms with van der Waals surface area (Å²) in [6.07, 6.45) is -1.75. The van der Waals surface area contributed by atoms with Crippen molar-refractivity contribution < 1.29 is 18.3 Å². The Morgan fingerprint density at radius 3 is 2.80 bits per heavy atom. The molecule has 0 bridgehead atoms. The standard InChI is InChI=1S/C9H8BrF2NO2/c1-15-9(14)6-2-5(3-10)13-4-7(6)8(11)12/h2,4,8H,3H2,1H3. The molecule has 0 aliphatic carbocycles. The maximum Gasteiger partial charge on any atom is 0.338 e. The van der Waals surface area contributed by atoms with Gasteiger partial charge in [0.15, 0.2) is 0 Å². The van der Waals surface area contributed by atoms with Crippen LogP contribution in [0.1, 0.15) is 28.0 Å². The minimum Gasteiger partial charge on any atom is -0.465 e. The number of hydrogen-bond donors (Lipinski definition) is 0. The smallest absolute Gasteiger partial charge is 0.338 e. The van der Waals surface area contributed by atoms with Crippen LogP contribution in [-0.2, 0) is 10.1 Å². The second kappa shape index (κ2) is 5.16. The molecule has 15 heavy (non-hydrogen) atoms. The van der Waals surface area contributed by atoms with Gasteiger partial charge in [0.05, 0.1) is 23.9 Å². The molecule has 0 aliphatic heterocycles. The SMILES string of the molecule is COC(=O)c1cc(CBr)ncc1C(F)F. The van der Waals surface area contributed by atoms with Gasteiger partial charge < -0.3 is 4.74 Å². The molecule has 1 rings (SSSR count). The molecular weight excluding hydrogens is 272 g/mol. The van der Waals surface area contributed by atoms with E-state index in [9.17, 15) is 13.6 Å². The number of alkyl halides is 3. The van der Waals surface area contributed by atoms with Crippen molar-refractivity contribution in [1.82, 2.24) is 4.98 Å². The molecule has 6 heteroatoms. The average Bonchev–Trinajstić information content (AvgIpc) is 2.26. The number of carbonyl (C=O) groups excluding carboxylic acids is 1. The summed E-state index contributed by atoms with van der Waals surface area (Å²) >= 11 is 3.12. The minimum atomic E-state index is -2.74. The first-order valence-corrected chi connectivity index (χ1v) is 5.13. The third-order valence-electron chi connectivity index (χ3n) is 1.77. The first-order chi connectivity index (χ1) is 7.10. The van der Waals surface area contributed by atoms with Gasteiger partial charge in [-0.15, -0.1) is 0 Å². The fourth-order valence-corrected chi connectivity index (χ4v) is 1.35. The monoisotopic (exact) mass is 279 g/mol. The summed E-state index contributed by atoms with van der Waals surface area (Å²) in [4.78, 5) is 15.0. The van der Waals surface area contributed by atoms with Gasteiger partial charge in [-0.2, -0.15) is 0 Å². The number of nitrogens with zero attached hydrogens (tertiary/aromatic N) is 1. The van der Waals surface area contributed by atoms with Gasteiger partial charge in [0.25, 0.3) is 6.43 Å². The Balaban J connectivity index is 3.22. The highest BCUT2D eigenvalue weighted by molar-refractivity contribution is 9.08. The molecule has 0 N–H and O–H groups in total. The quantitative estimate of drug-likeness (QED) is 0.631. The number of pyridine rings is 1. The van der Waals surface area contributed by atoms with Crippen LogP contribution in [0.5, 0.6) is 0 Å². The van der Waals surface area contributed by atoms with Crippen molar-refractivity contribution in [2.45, 2.75) is 11.8 Å². The fraction of sp³-hybridized carbons (Fsp3) is 0.333. The first kappa shape index (κ1) is 12.0. The number of ether oxygens (including phenoxy) is 1. The molecule has 3 nitrogen and oxygen atoms in total. The van der Waals surface area contributed by atoms with Crippen LogP contribution in [0.2, 0.25) is 0 Å². The summed E-state index contributed by atoms with van der Waals surface area (Å²) in [5, 5.41) is 0.389. The Labute approximate surface area is 93.6 Å². The lowest BCUT2D eigenvalue weighted by Crippen LogP contribution is -2.08. The molecule has 1 heterocycles. The van der Waals surface area contributed by atoms with E-state index in [1.807, 2.05) is 0 Å². The second-order valence-corrected chi connectivity index (χ2v) is 3.25. The zero-order valence-electron chi connectivity index (χ0n) is 7.84. The highest BCUT2D eigenvalue weighted by Crippen LogP contribution is 2.23. The largest absolute Gasteiger partial charge is 0.465 e. The average molecular weight is 280 g/mol. The van der Waals surface area contributed by atoms with Crippen molar-refractivity contribution in [2.75, 3.05) is 7.11 Å². The molecule has 0 aliphatic rings. The van der Waals surface area contributed by atoms with Gasteiger partial charge in [-0.3, -0.25) is 4.98 Å². The van der Waals surface area contributed by atoms with Crippen molar-refractivity contribution in [2.24, 2.45) is 0 Å². The normalized spacial score (nSPS) is 10.5. The Morgan fingerprint density at radius 1 is 1.67 bits per heavy atom. The summed E-state index contributed by atoms with van der Waals surface area (Å²) in [5.41, 5.74) is -0.0525. The number of carbonyl (C=O) groups is 1. The molecule has 1 aromatic rings. The van der Waals surface area contributed by atoms with Crippen LogP contribution in [0.25, 0.3) is 0 Å². The van der Waals surface area contributed by atoms with Gasteiger partial charge >= 0.3 is 5.97 Å². The van der Waals surface area contributed by atoms with E-state index in [4.69, 9.17) is 0 Å². The Hall–Kier alpha value is -1.04. The lowest BCUT2D eigenvalue weighted by molar-refractivity contribution is 0.0589. The van der Waals surface area contributed by atoms with Crippen LogP contribution >= 0.6 is 15.9 Å². The topological polar surface area (TPSA) is 39.2 Å². The van der Waals surface area contributed by atoms with Crippen LogP contribution in [0, 0.1) is 0 Å². The number of hydrogen-bond acceptors (Lipinski definition) is 3. The predicted molar refractivity (Wildman–Crippen MR) is 53.2 cm³/mol. The van der Waals surface area contributed by atoms with Crippen LogP contribution < -0.4 is 0 Å². The van der Waals surface area contributed by atoms with Gasteiger partial charge in [-0.1, -0.05) is 15.9 Å². The molecule has 0 aromatic carbocycles. The minimum absolute atomic E-state index is 0.142. The van der Waals surface area contributed by atoms with Crippen LogP contribution in [0.4, 0.5) is 8.78 Å². The van der Waals surface area contributed by atoms with E-state index < -0.39 is 18.0 Å². The van der Waals surface area contributed by atoms with Gasteiger partial charge in [-0.05, 0) is 6.07 Å². The van der Waals surface area contributed by atoms with E-state index in [1.54, 1.807) is 0 Å². The molecule has 1 aromatic heterocycles. The number of halogens is 3. The van der Waals surface area contributed by atoms with E-state index >= 15 is 0 Å². The lowest BCUT2D eigenvalue weighted by Gasteiger charge is -2.07. The molecule has 0 amide bonds. The van der Waals surface area contributed by atoms with Crippen molar-refractivity contribution >= 4 is 21.9 Å². The zero-order valence-corrected chi connectivity index (χ0v) is 9.42. The molecular formula is C9H8BrF2NO2. The molecule has 0 unspecified atom stereocenters. The highest BCUT2D eigenvalue weighted by Gasteiger charge is 2.19. The molecule has 82 valence electrons. The summed E-state index contributed by atoms with van der Waals surface area (Å²) in [6, 6.07) is 1.29. The van der Waals surface area contributed by atoms with E-state index in [2.05, 4.69) is 25.7 Å². The molecule has 0 saturated heterocycles. The first-order valence-electron chi connectivity index (χ1n) is 4.01. The molecule has 0 spiro atoms. The van der Waals surface area contributed by atoms with Crippen molar-refractivity contribution in [3.63, 3.8) is 0 Å². The molecule has 0 fully saturated rings. The second-order valence-electron chi connectivity index (χ2n) is 2.69. The summed E-state index contributed by atoms with van der Waals surface area (Å²) < 4.78 is 29.4. The predicted octanol–water partition coefficient (Wildman–Crippen LogP) is 2.70. The van der Waals surface area contributed by atoms with Crippen molar-refractivity contribution in [3.05, 3.63) is 29.1 Å². The van der Waals surface area contributed by atoms with E-state index in [1.165, 1.54) is 6.07 Å². The fourth-order valence-electron chi connectivity index (χ4n) is 1.04. The summed E-state index contributed by atoms with van der Waals surface area (Å²) in [7, 11) is 1.14. The van der Waals surface area contributed by atoms with Crippen LogP contribution in [0.3, 0.4) is 0 Å². The number of methoxy groups -OCH3 is 1. The molecule has 0 atom stereocenters. The summed E-state index contributed by atoms with van der Waals surface area (Å²) in [5.74, 6) is -0.782. The zero-order chi connectivity index (χ0) is 11.4. The maximum atomic E-state index is 12.5. The van der Waals surface area contributed by atoms with Crippen LogP contribution in [-0.4, -0.2) is 18.1 Å². The Morgan fingerprint density at radius 2 is 2.33 bits per heavy atom. The van der Waals surface area contributed by atoms with E-state index in [0.29, 0.717) is 11.0 Å². The highest BCUT2D eigenvalue weighted by atomic mass is 79.9. The third kappa shape index (κ3) is 2.71. The van der Waals surface area contributed by atoms with Gasteiger partial charge in [0, 0.05) is 11.5 Å². The van der Waals surface area contributed by atoms with E-state index in [-0.39, 0.29) is 5.56 Å². The van der Waals surface area contributed by atoms with Crippen molar-refractivity contribution in [3.8, 4) is 0 Å². The molecule has 0 saturated carbocycles. The van der Waals surface area contributed by atoms with Gasteiger partial charge in [-0.25, -0.2) is 13.6 Å². The van der Waals surface area contributed by atoms with E-state index in [0.717, 1.165) is 13.3 Å². The maximum absolute atomic E-state index is 12.5. The molecule has 0 radical (unpaired) electrons. The third-order valence-corrected chi connectivity index (χ3v) is 2.34. The lowest BCUT2D eigenvalue weighted by atomic mass is 10.1. The van der Waals surface area contributed by atoms with Crippen LogP contribution in [0.15, 0.2) is 12.3 Å². The Bertz CT molecular complexity index is 371. The number of aromatic nitrogens is 1. The Kier molecular flexibility index (Phi) is 4.14. The van der Waals surface area contributed by atoms with Gasteiger partial charge in [0.1, 0.15) is 0 Å².